The van der Waals surface area contributed by atoms with Crippen molar-refractivity contribution in [1.82, 2.24) is 0 Å². The van der Waals surface area contributed by atoms with E-state index in [0.29, 0.717) is 19.8 Å². The van der Waals surface area contributed by atoms with E-state index in [-0.39, 0.29) is 0 Å². The Morgan fingerprint density at radius 3 is 2.44 bits per heavy atom. The number of rotatable bonds is 7. The van der Waals surface area contributed by atoms with Crippen LogP contribution in [0.2, 0.25) is 0 Å². The van der Waals surface area contributed by atoms with Gasteiger partial charge in [0.1, 0.15) is 0 Å². The van der Waals surface area contributed by atoms with Crippen molar-refractivity contribution in [2.75, 3.05) is 51.2 Å². The summed E-state index contributed by atoms with van der Waals surface area (Å²) in [6, 6.07) is 7.81. The molecular weight excluding hydrogens is 204 g/mol. The number of nitrogens with two attached hydrogens (primary N) is 1. The van der Waals surface area contributed by atoms with Crippen LogP contribution in [0.1, 0.15) is 0 Å². The average Bonchev–Trinajstić information content (AvgIpc) is 2.29. The lowest BCUT2D eigenvalue weighted by atomic mass is 10.2. The molecule has 1 aromatic carbocycles. The van der Waals surface area contributed by atoms with E-state index in [2.05, 4.69) is 4.90 Å². The van der Waals surface area contributed by atoms with Gasteiger partial charge in [-0.2, -0.15) is 0 Å². The van der Waals surface area contributed by atoms with Crippen LogP contribution in [0.15, 0.2) is 24.3 Å². The third-order valence-electron chi connectivity index (χ3n) is 2.34. The molecule has 0 radical (unpaired) electrons. The Kier molecular flexibility index (Phi) is 5.67. The van der Waals surface area contributed by atoms with Crippen LogP contribution in [0, 0.1) is 0 Å². The maximum absolute atomic E-state index is 5.62. The number of hydrogen-bond acceptors (Lipinski definition) is 4. The number of ether oxygens (including phenoxy) is 2. The van der Waals surface area contributed by atoms with E-state index in [4.69, 9.17) is 15.2 Å². The summed E-state index contributed by atoms with van der Waals surface area (Å²) >= 11 is 0. The zero-order chi connectivity index (χ0) is 11.8. The number of nitrogens with zero attached hydrogens (tertiary/aromatic N) is 1. The monoisotopic (exact) mass is 224 g/mol. The molecule has 0 saturated carbocycles. The fraction of sp³-hybridized carbons (Fsp3) is 0.500. The Balaban J connectivity index is 2.24. The van der Waals surface area contributed by atoms with Gasteiger partial charge in [-0.3, -0.25) is 0 Å². The molecule has 0 bridgehead atoms. The van der Waals surface area contributed by atoms with Crippen LogP contribution in [0.4, 0.5) is 11.4 Å². The molecule has 16 heavy (non-hydrogen) atoms. The third kappa shape index (κ3) is 4.51. The highest BCUT2D eigenvalue weighted by Crippen LogP contribution is 2.14. The second-order valence-electron chi connectivity index (χ2n) is 3.62. The van der Waals surface area contributed by atoms with Gasteiger partial charge in [0.05, 0.1) is 19.8 Å². The molecule has 0 amide bonds. The minimum Gasteiger partial charge on any atom is -0.399 e. The average molecular weight is 224 g/mol. The highest BCUT2D eigenvalue weighted by molar-refractivity contribution is 5.52. The van der Waals surface area contributed by atoms with Gasteiger partial charge >= 0.3 is 0 Å². The number of hydrogen-bond donors (Lipinski definition) is 1. The standard InChI is InChI=1S/C12H20N2O2/c1-14(7-8-16-10-9-15-2)12-5-3-11(13)4-6-12/h3-6H,7-10,13H2,1-2H3. The van der Waals surface area contributed by atoms with Crippen LogP contribution in [-0.2, 0) is 9.47 Å². The summed E-state index contributed by atoms with van der Waals surface area (Å²) in [5.74, 6) is 0. The minimum atomic E-state index is 0.644. The molecule has 90 valence electrons. The summed E-state index contributed by atoms with van der Waals surface area (Å²) in [6.45, 7) is 2.84. The van der Waals surface area contributed by atoms with E-state index < -0.39 is 0 Å². The van der Waals surface area contributed by atoms with Gasteiger partial charge < -0.3 is 20.1 Å². The Morgan fingerprint density at radius 2 is 1.81 bits per heavy atom. The van der Waals surface area contributed by atoms with Crippen LogP contribution in [0.25, 0.3) is 0 Å². The first-order chi connectivity index (χ1) is 7.74. The van der Waals surface area contributed by atoms with Crippen molar-refractivity contribution in [1.29, 1.82) is 0 Å². The molecule has 4 heteroatoms. The van der Waals surface area contributed by atoms with Crippen molar-refractivity contribution in [3.63, 3.8) is 0 Å². The fourth-order valence-corrected chi connectivity index (χ4v) is 1.30. The first kappa shape index (κ1) is 12.8. The summed E-state index contributed by atoms with van der Waals surface area (Å²) in [5.41, 5.74) is 7.55. The number of nitrogen functional groups attached to an aromatic ring is 1. The zero-order valence-electron chi connectivity index (χ0n) is 9.98. The quantitative estimate of drug-likeness (QED) is 0.561. The molecule has 1 rings (SSSR count). The molecule has 0 aliphatic carbocycles. The van der Waals surface area contributed by atoms with Crippen molar-refractivity contribution in [3.05, 3.63) is 24.3 Å². The van der Waals surface area contributed by atoms with Crippen molar-refractivity contribution >= 4 is 11.4 Å². The molecule has 0 aromatic heterocycles. The second kappa shape index (κ2) is 7.09. The van der Waals surface area contributed by atoms with Gasteiger partial charge in [0.15, 0.2) is 0 Å². The number of methoxy groups -OCH3 is 1. The summed E-state index contributed by atoms with van der Waals surface area (Å²) in [5, 5.41) is 0. The molecule has 1 aromatic rings. The Bertz CT molecular complexity index is 288. The highest BCUT2D eigenvalue weighted by Gasteiger charge is 1.99. The van der Waals surface area contributed by atoms with Crippen molar-refractivity contribution in [2.45, 2.75) is 0 Å². The molecule has 0 spiro atoms. The first-order valence-corrected chi connectivity index (χ1v) is 5.37. The topological polar surface area (TPSA) is 47.7 Å². The molecule has 0 aliphatic heterocycles. The van der Waals surface area contributed by atoms with Gasteiger partial charge in [0, 0.05) is 32.1 Å². The molecular formula is C12H20N2O2. The van der Waals surface area contributed by atoms with E-state index in [1.165, 1.54) is 0 Å². The molecule has 0 unspecified atom stereocenters. The molecule has 0 heterocycles. The van der Waals surface area contributed by atoms with Gasteiger partial charge in [0.2, 0.25) is 0 Å². The van der Waals surface area contributed by atoms with Crippen LogP contribution in [0.3, 0.4) is 0 Å². The van der Waals surface area contributed by atoms with E-state index in [0.717, 1.165) is 17.9 Å². The second-order valence-corrected chi connectivity index (χ2v) is 3.62. The van der Waals surface area contributed by atoms with Gasteiger partial charge in [-0.05, 0) is 24.3 Å². The third-order valence-corrected chi connectivity index (χ3v) is 2.34. The van der Waals surface area contributed by atoms with E-state index in [9.17, 15) is 0 Å². The van der Waals surface area contributed by atoms with Gasteiger partial charge in [-0.1, -0.05) is 0 Å². The van der Waals surface area contributed by atoms with E-state index in [1.54, 1.807) is 7.11 Å². The maximum atomic E-state index is 5.62. The van der Waals surface area contributed by atoms with Gasteiger partial charge in [-0.25, -0.2) is 0 Å². The van der Waals surface area contributed by atoms with Crippen LogP contribution in [0.5, 0.6) is 0 Å². The summed E-state index contributed by atoms with van der Waals surface area (Å²) in [6.07, 6.45) is 0. The summed E-state index contributed by atoms with van der Waals surface area (Å²) < 4.78 is 10.3. The Morgan fingerprint density at radius 1 is 1.12 bits per heavy atom. The summed E-state index contributed by atoms with van der Waals surface area (Å²) in [7, 11) is 3.70. The van der Waals surface area contributed by atoms with E-state index >= 15 is 0 Å². The zero-order valence-corrected chi connectivity index (χ0v) is 9.98. The Labute approximate surface area is 96.9 Å². The number of benzene rings is 1. The van der Waals surface area contributed by atoms with Crippen LogP contribution in [-0.4, -0.2) is 40.5 Å². The van der Waals surface area contributed by atoms with Crippen LogP contribution < -0.4 is 10.6 Å². The number of likely N-dealkylation sites (N-methyl/N-ethyl adjacent to an activating group) is 1. The largest absolute Gasteiger partial charge is 0.399 e. The normalized spacial score (nSPS) is 10.4. The molecule has 0 aliphatic rings. The molecule has 0 saturated heterocycles. The number of anilines is 2. The predicted octanol–water partition coefficient (Wildman–Crippen LogP) is 1.37. The van der Waals surface area contributed by atoms with Crippen molar-refractivity contribution in [3.8, 4) is 0 Å². The van der Waals surface area contributed by atoms with E-state index in [1.807, 2.05) is 31.3 Å². The van der Waals surface area contributed by atoms with Gasteiger partial charge in [-0.15, -0.1) is 0 Å². The molecule has 0 atom stereocenters. The minimum absolute atomic E-state index is 0.644. The van der Waals surface area contributed by atoms with Crippen molar-refractivity contribution in [2.24, 2.45) is 0 Å². The maximum Gasteiger partial charge on any atom is 0.0701 e. The highest BCUT2D eigenvalue weighted by atomic mass is 16.5. The lowest BCUT2D eigenvalue weighted by molar-refractivity contribution is 0.0744. The SMILES string of the molecule is COCCOCCN(C)c1ccc(N)cc1. The Hall–Kier alpha value is -1.26. The molecule has 4 nitrogen and oxygen atoms in total. The fourth-order valence-electron chi connectivity index (χ4n) is 1.30. The van der Waals surface area contributed by atoms with Gasteiger partial charge in [0.25, 0.3) is 0 Å². The lowest BCUT2D eigenvalue weighted by Crippen LogP contribution is -2.23. The van der Waals surface area contributed by atoms with Crippen LogP contribution >= 0.6 is 0 Å². The summed E-state index contributed by atoms with van der Waals surface area (Å²) in [4.78, 5) is 2.13. The lowest BCUT2D eigenvalue weighted by Gasteiger charge is -2.19. The predicted molar refractivity (Wildman–Crippen MR) is 66.8 cm³/mol. The molecule has 2 N–H and O–H groups in total. The molecule has 0 fully saturated rings. The first-order valence-electron chi connectivity index (χ1n) is 5.37. The smallest absolute Gasteiger partial charge is 0.0701 e. The van der Waals surface area contributed by atoms with Crippen molar-refractivity contribution < 1.29 is 9.47 Å².